The molecule has 0 atom stereocenters. The van der Waals surface area contributed by atoms with E-state index < -0.39 is 0 Å². The van der Waals surface area contributed by atoms with Crippen molar-refractivity contribution >= 4 is 33.2 Å². The van der Waals surface area contributed by atoms with Gasteiger partial charge in [-0.15, -0.1) is 0 Å². The largest absolute Gasteiger partial charge is 0.385 e. The zero-order valence-corrected chi connectivity index (χ0v) is 13.6. The molecule has 0 aliphatic heterocycles. The van der Waals surface area contributed by atoms with Crippen LogP contribution in [-0.4, -0.2) is 12.5 Å². The number of unbranched alkanes of at least 4 members (excludes halogenated alkanes) is 1. The third kappa shape index (κ3) is 4.60. The van der Waals surface area contributed by atoms with Gasteiger partial charge < -0.3 is 10.6 Å². The summed E-state index contributed by atoms with van der Waals surface area (Å²) in [4.78, 5) is 12.2. The maximum Gasteiger partial charge on any atom is 0.256 e. The fraction of sp³-hybridized carbons (Fsp3) is 0.235. The number of rotatable bonds is 6. The quantitative estimate of drug-likeness (QED) is 0.729. The van der Waals surface area contributed by atoms with Crippen LogP contribution in [0.2, 0.25) is 0 Å². The van der Waals surface area contributed by atoms with Crippen molar-refractivity contribution in [2.45, 2.75) is 19.8 Å². The molecule has 2 rings (SSSR count). The van der Waals surface area contributed by atoms with Gasteiger partial charge in [0.2, 0.25) is 0 Å². The van der Waals surface area contributed by atoms with Crippen molar-refractivity contribution in [2.75, 3.05) is 17.2 Å². The van der Waals surface area contributed by atoms with Gasteiger partial charge in [-0.1, -0.05) is 25.5 Å². The highest BCUT2D eigenvalue weighted by atomic mass is 79.9. The van der Waals surface area contributed by atoms with Gasteiger partial charge in [-0.2, -0.15) is 0 Å². The van der Waals surface area contributed by atoms with E-state index >= 15 is 0 Å². The first-order valence-electron chi connectivity index (χ1n) is 7.10. The molecule has 0 aliphatic carbocycles. The number of hydrogen-bond donors (Lipinski definition) is 2. The van der Waals surface area contributed by atoms with E-state index in [2.05, 4.69) is 33.5 Å². The van der Waals surface area contributed by atoms with Crippen LogP contribution >= 0.6 is 15.9 Å². The van der Waals surface area contributed by atoms with Gasteiger partial charge in [-0.05, 0) is 58.7 Å². The second-order valence-corrected chi connectivity index (χ2v) is 5.65. The molecule has 4 heteroatoms. The Kier molecular flexibility index (Phi) is 5.81. The van der Waals surface area contributed by atoms with E-state index in [1.54, 1.807) is 6.07 Å². The summed E-state index contributed by atoms with van der Waals surface area (Å²) >= 11 is 3.39. The number of nitrogens with one attached hydrogen (secondary N) is 2. The minimum Gasteiger partial charge on any atom is -0.385 e. The summed E-state index contributed by atoms with van der Waals surface area (Å²) in [5.41, 5.74) is 2.49. The van der Waals surface area contributed by atoms with Gasteiger partial charge in [0.1, 0.15) is 0 Å². The van der Waals surface area contributed by atoms with Crippen molar-refractivity contribution in [3.8, 4) is 0 Å². The van der Waals surface area contributed by atoms with E-state index in [9.17, 15) is 4.79 Å². The molecule has 2 aromatic rings. The van der Waals surface area contributed by atoms with Crippen molar-refractivity contribution in [3.63, 3.8) is 0 Å². The molecule has 2 N–H and O–H groups in total. The molecule has 1 amide bonds. The fourth-order valence-corrected chi connectivity index (χ4v) is 2.39. The number of carbonyl (C=O) groups excluding carboxylic acids is 1. The number of anilines is 2. The van der Waals surface area contributed by atoms with Gasteiger partial charge in [-0.3, -0.25) is 4.79 Å². The van der Waals surface area contributed by atoms with Gasteiger partial charge in [0, 0.05) is 22.4 Å². The Labute approximate surface area is 133 Å². The van der Waals surface area contributed by atoms with Crippen LogP contribution in [-0.2, 0) is 0 Å². The predicted octanol–water partition coefficient (Wildman–Crippen LogP) is 4.91. The summed E-state index contributed by atoms with van der Waals surface area (Å²) in [5, 5.41) is 6.24. The van der Waals surface area contributed by atoms with Crippen molar-refractivity contribution in [2.24, 2.45) is 0 Å². The summed E-state index contributed by atoms with van der Waals surface area (Å²) in [6.07, 6.45) is 2.33. The van der Waals surface area contributed by atoms with Gasteiger partial charge >= 0.3 is 0 Å². The lowest BCUT2D eigenvalue weighted by molar-refractivity contribution is 0.102. The highest BCUT2D eigenvalue weighted by molar-refractivity contribution is 9.10. The summed E-state index contributed by atoms with van der Waals surface area (Å²) in [5.74, 6) is -0.117. The van der Waals surface area contributed by atoms with E-state index in [0.29, 0.717) is 5.56 Å². The van der Waals surface area contributed by atoms with Crippen LogP contribution in [0.3, 0.4) is 0 Å². The highest BCUT2D eigenvalue weighted by Gasteiger charge is 2.09. The monoisotopic (exact) mass is 346 g/mol. The standard InChI is InChI=1S/C17H19BrN2O/c1-2-3-12-19-13-8-10-14(11-9-13)20-17(21)15-6-4-5-7-16(15)18/h4-11,19H,2-3,12H2,1H3,(H,20,21). The number of halogens is 1. The molecule has 21 heavy (non-hydrogen) atoms. The average Bonchev–Trinajstić information content (AvgIpc) is 2.49. The molecule has 110 valence electrons. The number of amides is 1. The topological polar surface area (TPSA) is 41.1 Å². The zero-order valence-electron chi connectivity index (χ0n) is 12.0. The van der Waals surface area contributed by atoms with E-state index in [1.165, 1.54) is 6.42 Å². The lowest BCUT2D eigenvalue weighted by Gasteiger charge is -2.09. The summed E-state index contributed by atoms with van der Waals surface area (Å²) in [7, 11) is 0. The van der Waals surface area contributed by atoms with Crippen molar-refractivity contribution in [1.29, 1.82) is 0 Å². The number of benzene rings is 2. The molecular formula is C17H19BrN2O. The maximum absolute atomic E-state index is 12.2. The van der Waals surface area contributed by atoms with Crippen LogP contribution in [0, 0.1) is 0 Å². The molecule has 0 spiro atoms. The van der Waals surface area contributed by atoms with Crippen molar-refractivity contribution < 1.29 is 4.79 Å². The van der Waals surface area contributed by atoms with Crippen molar-refractivity contribution in [3.05, 3.63) is 58.6 Å². The highest BCUT2D eigenvalue weighted by Crippen LogP contribution is 2.19. The third-order valence-corrected chi connectivity index (χ3v) is 3.81. The Hall–Kier alpha value is -1.81. The Morgan fingerprint density at radius 2 is 1.71 bits per heavy atom. The Morgan fingerprint density at radius 3 is 2.38 bits per heavy atom. The van der Waals surface area contributed by atoms with Gasteiger partial charge in [0.05, 0.1) is 5.56 Å². The molecule has 0 radical (unpaired) electrons. The Morgan fingerprint density at radius 1 is 1.05 bits per heavy atom. The molecule has 0 aromatic heterocycles. The van der Waals surface area contributed by atoms with E-state index in [4.69, 9.17) is 0 Å². The molecule has 0 bridgehead atoms. The molecule has 0 fully saturated rings. The third-order valence-electron chi connectivity index (χ3n) is 3.12. The Bertz CT molecular complexity index is 596. The molecule has 3 nitrogen and oxygen atoms in total. The van der Waals surface area contributed by atoms with Gasteiger partial charge in [0.15, 0.2) is 0 Å². The van der Waals surface area contributed by atoms with Crippen LogP contribution in [0.15, 0.2) is 53.0 Å². The second kappa shape index (κ2) is 7.84. The van der Waals surface area contributed by atoms with Gasteiger partial charge in [0.25, 0.3) is 5.91 Å². The molecular weight excluding hydrogens is 328 g/mol. The van der Waals surface area contributed by atoms with Gasteiger partial charge in [-0.25, -0.2) is 0 Å². The maximum atomic E-state index is 12.2. The Balaban J connectivity index is 1.97. The van der Waals surface area contributed by atoms with Crippen LogP contribution in [0.25, 0.3) is 0 Å². The summed E-state index contributed by atoms with van der Waals surface area (Å²) < 4.78 is 0.792. The number of carbonyl (C=O) groups is 1. The lowest BCUT2D eigenvalue weighted by atomic mass is 10.2. The van der Waals surface area contributed by atoms with E-state index in [1.807, 2.05) is 42.5 Å². The van der Waals surface area contributed by atoms with Crippen LogP contribution in [0.1, 0.15) is 30.1 Å². The first kappa shape index (κ1) is 15.6. The van der Waals surface area contributed by atoms with Crippen LogP contribution in [0.5, 0.6) is 0 Å². The first-order chi connectivity index (χ1) is 10.2. The van der Waals surface area contributed by atoms with E-state index in [-0.39, 0.29) is 5.91 Å². The molecule has 0 saturated heterocycles. The molecule has 0 unspecified atom stereocenters. The number of hydrogen-bond acceptors (Lipinski definition) is 2. The van der Waals surface area contributed by atoms with E-state index in [0.717, 1.165) is 28.8 Å². The molecule has 2 aromatic carbocycles. The predicted molar refractivity (Wildman–Crippen MR) is 91.9 cm³/mol. The summed E-state index contributed by atoms with van der Waals surface area (Å²) in [6.45, 7) is 3.14. The van der Waals surface area contributed by atoms with Crippen LogP contribution in [0.4, 0.5) is 11.4 Å². The normalized spacial score (nSPS) is 10.2. The fourth-order valence-electron chi connectivity index (χ4n) is 1.92. The van der Waals surface area contributed by atoms with Crippen LogP contribution < -0.4 is 10.6 Å². The summed E-state index contributed by atoms with van der Waals surface area (Å²) in [6, 6.07) is 15.1. The zero-order chi connectivity index (χ0) is 15.1. The molecule has 0 aliphatic rings. The lowest BCUT2D eigenvalue weighted by Crippen LogP contribution is -2.12. The second-order valence-electron chi connectivity index (χ2n) is 4.79. The minimum absolute atomic E-state index is 0.117. The smallest absolute Gasteiger partial charge is 0.256 e. The SMILES string of the molecule is CCCCNc1ccc(NC(=O)c2ccccc2Br)cc1. The van der Waals surface area contributed by atoms with Crippen molar-refractivity contribution in [1.82, 2.24) is 0 Å². The first-order valence-corrected chi connectivity index (χ1v) is 7.90. The molecule has 0 heterocycles. The molecule has 0 saturated carbocycles. The average molecular weight is 347 g/mol. The minimum atomic E-state index is -0.117.